The topological polar surface area (TPSA) is 23.9 Å². The molecule has 0 spiro atoms. The van der Waals surface area contributed by atoms with Crippen LogP contribution in [0.3, 0.4) is 0 Å². The molecule has 1 heteroatoms. The highest BCUT2D eigenvalue weighted by Crippen LogP contribution is 2.28. The van der Waals surface area contributed by atoms with Crippen molar-refractivity contribution in [2.45, 2.75) is 32.6 Å². The lowest BCUT2D eigenvalue weighted by Gasteiger charge is -2.17. The Morgan fingerprint density at radius 1 is 1.23 bits per heavy atom. The third-order valence-electron chi connectivity index (χ3n) is 5.40. The van der Waals surface area contributed by atoms with Crippen molar-refractivity contribution in [1.29, 1.82) is 5.41 Å². The minimum atomic E-state index is 0.124. The molecule has 0 aromatic carbocycles. The first-order valence-corrected chi connectivity index (χ1v) is 10.4. The molecule has 0 aromatic heterocycles. The summed E-state index contributed by atoms with van der Waals surface area (Å²) in [5.41, 5.74) is 12.4. The van der Waals surface area contributed by atoms with E-state index in [9.17, 15) is 0 Å². The van der Waals surface area contributed by atoms with Crippen LogP contribution >= 0.6 is 0 Å². The molecule has 148 valence electrons. The molecule has 1 N–H and O–H groups in total. The first-order valence-electron chi connectivity index (χ1n) is 10.4. The second kappa shape index (κ2) is 10.8. The van der Waals surface area contributed by atoms with Crippen LogP contribution in [-0.4, -0.2) is 5.71 Å². The van der Waals surface area contributed by atoms with Gasteiger partial charge in [-0.15, -0.1) is 0 Å². The van der Waals surface area contributed by atoms with Crippen molar-refractivity contribution >= 4 is 5.71 Å². The van der Waals surface area contributed by atoms with Crippen molar-refractivity contribution in [2.75, 3.05) is 0 Å². The normalized spacial score (nSPS) is 20.6. The Labute approximate surface area is 180 Å². The van der Waals surface area contributed by atoms with E-state index in [-0.39, 0.29) is 5.92 Å². The Balaban J connectivity index is 1.60. The summed E-state index contributed by atoms with van der Waals surface area (Å²) in [6.07, 6.45) is 28.6. The van der Waals surface area contributed by atoms with E-state index in [0.29, 0.717) is 5.71 Å². The van der Waals surface area contributed by atoms with Crippen LogP contribution in [0.1, 0.15) is 32.6 Å². The summed E-state index contributed by atoms with van der Waals surface area (Å²) in [5, 5.41) is 8.46. The fourth-order valence-corrected chi connectivity index (χ4v) is 3.60. The Morgan fingerprint density at radius 3 is 2.83 bits per heavy atom. The zero-order chi connectivity index (χ0) is 21.2. The molecule has 0 radical (unpaired) electrons. The van der Waals surface area contributed by atoms with E-state index in [1.54, 1.807) is 0 Å². The van der Waals surface area contributed by atoms with Crippen LogP contribution < -0.4 is 0 Å². The van der Waals surface area contributed by atoms with E-state index < -0.39 is 0 Å². The van der Waals surface area contributed by atoms with Crippen molar-refractivity contribution in [2.24, 2.45) is 5.92 Å². The predicted molar refractivity (Wildman–Crippen MR) is 128 cm³/mol. The molecule has 0 aliphatic heterocycles. The van der Waals surface area contributed by atoms with Gasteiger partial charge in [-0.1, -0.05) is 78.0 Å². The summed E-state index contributed by atoms with van der Waals surface area (Å²) >= 11 is 0. The average molecular weight is 390 g/mol. The number of hydrogen-bond acceptors (Lipinski definition) is 1. The summed E-state index contributed by atoms with van der Waals surface area (Å²) in [7, 11) is 0. The largest absolute Gasteiger partial charge is 0.305 e. The molecule has 0 aromatic rings. The first-order chi connectivity index (χ1) is 14.7. The highest BCUT2D eigenvalue weighted by atomic mass is 14.4. The maximum absolute atomic E-state index is 8.46. The van der Waals surface area contributed by atoms with E-state index in [0.717, 1.165) is 36.8 Å². The van der Waals surface area contributed by atoms with Gasteiger partial charge in [0.1, 0.15) is 0 Å². The molecule has 0 amide bonds. The summed E-state index contributed by atoms with van der Waals surface area (Å²) in [5.74, 6) is 6.32. The maximum Gasteiger partial charge on any atom is 0.0385 e. The van der Waals surface area contributed by atoms with Crippen LogP contribution in [0.2, 0.25) is 0 Å². The van der Waals surface area contributed by atoms with Gasteiger partial charge in [0.05, 0.1) is 0 Å². The highest BCUT2D eigenvalue weighted by molar-refractivity contribution is 5.96. The van der Waals surface area contributed by atoms with Gasteiger partial charge in [0.25, 0.3) is 0 Å². The van der Waals surface area contributed by atoms with Gasteiger partial charge in [0.15, 0.2) is 0 Å². The number of nitrogens with one attached hydrogen (secondary N) is 1. The number of rotatable bonds is 6. The van der Waals surface area contributed by atoms with Crippen LogP contribution in [0.5, 0.6) is 0 Å². The molecule has 30 heavy (non-hydrogen) atoms. The molecule has 1 nitrogen and oxygen atoms in total. The summed E-state index contributed by atoms with van der Waals surface area (Å²) in [6.45, 7) is 5.56. The molecule has 0 saturated carbocycles. The van der Waals surface area contributed by atoms with Gasteiger partial charge in [-0.25, -0.2) is 0 Å². The fourth-order valence-electron chi connectivity index (χ4n) is 3.60. The number of allylic oxidation sites excluding steroid dienone is 17. The Bertz CT molecular complexity index is 1100. The second-order valence-corrected chi connectivity index (χ2v) is 7.34. The molecule has 3 aliphatic rings. The Hall–Kier alpha value is -3.55. The van der Waals surface area contributed by atoms with E-state index in [1.165, 1.54) is 16.7 Å². The van der Waals surface area contributed by atoms with Gasteiger partial charge >= 0.3 is 0 Å². The summed E-state index contributed by atoms with van der Waals surface area (Å²) < 4.78 is 0. The lowest BCUT2D eigenvalue weighted by Crippen LogP contribution is -2.10. The molecule has 0 fully saturated rings. The molecular formula is C29H27N. The quantitative estimate of drug-likeness (QED) is 0.218. The van der Waals surface area contributed by atoms with Crippen LogP contribution in [0.4, 0.5) is 0 Å². The minimum Gasteiger partial charge on any atom is -0.305 e. The van der Waals surface area contributed by atoms with Gasteiger partial charge in [0, 0.05) is 18.1 Å². The fraction of sp³-hybridized carbons (Fsp3) is 0.207. The van der Waals surface area contributed by atoms with Gasteiger partial charge in [-0.2, -0.15) is 0 Å². The van der Waals surface area contributed by atoms with E-state index in [4.69, 9.17) is 5.41 Å². The zero-order valence-corrected chi connectivity index (χ0v) is 17.5. The van der Waals surface area contributed by atoms with Crippen molar-refractivity contribution < 1.29 is 0 Å². The lowest BCUT2D eigenvalue weighted by molar-refractivity contribution is 0.858. The monoisotopic (exact) mass is 389 g/mol. The summed E-state index contributed by atoms with van der Waals surface area (Å²) in [4.78, 5) is 0. The molecule has 0 saturated heterocycles. The van der Waals surface area contributed by atoms with Crippen molar-refractivity contribution in [3.8, 4) is 11.8 Å². The third kappa shape index (κ3) is 5.73. The molecule has 1 atom stereocenters. The van der Waals surface area contributed by atoms with Gasteiger partial charge < -0.3 is 5.41 Å². The van der Waals surface area contributed by atoms with Gasteiger partial charge in [-0.05, 0) is 78.9 Å². The van der Waals surface area contributed by atoms with Crippen molar-refractivity contribution in [3.63, 3.8) is 0 Å². The lowest BCUT2D eigenvalue weighted by atomic mass is 9.88. The predicted octanol–water partition coefficient (Wildman–Crippen LogP) is 7.04. The molecule has 3 aliphatic carbocycles. The van der Waals surface area contributed by atoms with E-state index in [2.05, 4.69) is 78.5 Å². The van der Waals surface area contributed by atoms with Crippen LogP contribution in [0.15, 0.2) is 119 Å². The molecular weight excluding hydrogens is 362 g/mol. The van der Waals surface area contributed by atoms with E-state index >= 15 is 0 Å². The minimum absolute atomic E-state index is 0.124. The molecule has 3 rings (SSSR count). The number of hydrogen-bond donors (Lipinski definition) is 1. The standard InChI is InChI=1S/C29H27N/c1-3-5-10-24(4-2)26-18-20-28(21-19-26)29(30)22-15-23-13-16-27(17-14-23)25-11-8-6-7-9-12-25/h4,6,8,10-11,13,15-16,18-20,22,28,30H,1,12,14,17,21H2,2H3/b22-15+,24-4+,30-29?. The maximum atomic E-state index is 8.46. The smallest absolute Gasteiger partial charge is 0.0385 e. The Morgan fingerprint density at radius 2 is 2.13 bits per heavy atom. The Kier molecular flexibility index (Phi) is 7.65. The molecule has 0 heterocycles. The first kappa shape index (κ1) is 21.2. The van der Waals surface area contributed by atoms with E-state index in [1.807, 2.05) is 31.2 Å². The van der Waals surface area contributed by atoms with Crippen LogP contribution in [0.25, 0.3) is 0 Å². The zero-order valence-electron chi connectivity index (χ0n) is 17.5. The van der Waals surface area contributed by atoms with Crippen LogP contribution in [-0.2, 0) is 0 Å². The molecule has 0 bridgehead atoms. The van der Waals surface area contributed by atoms with Crippen molar-refractivity contribution in [3.05, 3.63) is 119 Å². The second-order valence-electron chi connectivity index (χ2n) is 7.34. The average Bonchev–Trinajstić information content (AvgIpc) is 3.08. The van der Waals surface area contributed by atoms with Gasteiger partial charge in [-0.3, -0.25) is 0 Å². The van der Waals surface area contributed by atoms with Gasteiger partial charge in [0.2, 0.25) is 0 Å². The SMILES string of the molecule is C=C=C=C/C(=C\C)C1=CCC(C(=N)/C=C/C2=CC=C(C3=CC=CC#CC3)CC2)C=C1. The summed E-state index contributed by atoms with van der Waals surface area (Å²) in [6, 6.07) is 0. The third-order valence-corrected chi connectivity index (χ3v) is 5.40. The highest BCUT2D eigenvalue weighted by Gasteiger charge is 2.14. The van der Waals surface area contributed by atoms with Crippen molar-refractivity contribution in [1.82, 2.24) is 0 Å². The molecule has 1 unspecified atom stereocenters. The van der Waals surface area contributed by atoms with Crippen LogP contribution in [0, 0.1) is 23.2 Å².